The number of nitrogens with one attached hydrogen (secondary N) is 1. The summed E-state index contributed by atoms with van der Waals surface area (Å²) < 4.78 is 2.33. The minimum atomic E-state index is 0.292. The lowest BCUT2D eigenvalue weighted by Gasteiger charge is -2.18. The van der Waals surface area contributed by atoms with Crippen LogP contribution in [0.4, 0.5) is 0 Å². The van der Waals surface area contributed by atoms with E-state index in [1.165, 1.54) is 16.5 Å². The molecule has 35 heavy (non-hydrogen) atoms. The SMILES string of the molecule is O=C(C1CC1)N1CC[C@H](Cn2c(-c3ccc(-c4cccc5[nH]ccc45)cc3)nc3cnccc32)C1. The lowest BCUT2D eigenvalue weighted by atomic mass is 10.0. The van der Waals surface area contributed by atoms with Gasteiger partial charge in [0.1, 0.15) is 11.3 Å². The number of carbonyl (C=O) groups is 1. The van der Waals surface area contributed by atoms with E-state index in [0.717, 1.165) is 66.8 Å². The molecule has 3 aromatic heterocycles. The summed E-state index contributed by atoms with van der Waals surface area (Å²) in [5, 5.41) is 1.23. The van der Waals surface area contributed by atoms with Gasteiger partial charge in [-0.25, -0.2) is 4.98 Å². The molecular weight excluding hydrogens is 434 g/mol. The molecule has 5 aromatic rings. The number of carbonyl (C=O) groups excluding carboxylic acids is 1. The number of likely N-dealkylation sites (tertiary alicyclic amines) is 1. The Morgan fingerprint density at radius 1 is 1.00 bits per heavy atom. The number of amides is 1. The number of aromatic amines is 1. The topological polar surface area (TPSA) is 66.8 Å². The van der Waals surface area contributed by atoms with Gasteiger partial charge in [-0.1, -0.05) is 36.4 Å². The summed E-state index contributed by atoms with van der Waals surface area (Å²) in [6.45, 7) is 2.58. The summed E-state index contributed by atoms with van der Waals surface area (Å²) >= 11 is 0. The Labute approximate surface area is 203 Å². The van der Waals surface area contributed by atoms with Crippen molar-refractivity contribution >= 4 is 27.8 Å². The van der Waals surface area contributed by atoms with Crippen LogP contribution in [0.25, 0.3) is 44.5 Å². The molecule has 1 N–H and O–H groups in total. The number of aromatic nitrogens is 4. The second kappa shape index (κ2) is 8.08. The summed E-state index contributed by atoms with van der Waals surface area (Å²) in [7, 11) is 0. The van der Waals surface area contributed by atoms with Gasteiger partial charge in [-0.2, -0.15) is 0 Å². The molecule has 6 nitrogen and oxygen atoms in total. The van der Waals surface area contributed by atoms with Crippen molar-refractivity contribution in [1.29, 1.82) is 0 Å². The van der Waals surface area contributed by atoms with Crippen LogP contribution in [0.15, 0.2) is 73.2 Å². The Morgan fingerprint density at radius 3 is 2.71 bits per heavy atom. The van der Waals surface area contributed by atoms with E-state index in [4.69, 9.17) is 4.98 Å². The highest BCUT2D eigenvalue weighted by atomic mass is 16.2. The second-order valence-corrected chi connectivity index (χ2v) is 9.95. The van der Waals surface area contributed by atoms with Crippen molar-refractivity contribution in [3.63, 3.8) is 0 Å². The smallest absolute Gasteiger partial charge is 0.225 e. The Bertz CT molecular complexity index is 1540. The van der Waals surface area contributed by atoms with Gasteiger partial charge in [-0.15, -0.1) is 0 Å². The molecule has 1 saturated heterocycles. The number of hydrogen-bond acceptors (Lipinski definition) is 3. The fourth-order valence-electron chi connectivity index (χ4n) is 5.55. The van der Waals surface area contributed by atoms with Crippen LogP contribution in [0.3, 0.4) is 0 Å². The monoisotopic (exact) mass is 461 g/mol. The van der Waals surface area contributed by atoms with Gasteiger partial charge in [-0.3, -0.25) is 9.78 Å². The van der Waals surface area contributed by atoms with Crippen molar-refractivity contribution in [1.82, 2.24) is 24.4 Å². The standard InChI is InChI=1S/C29H27N5O/c35-29(22-8-9-22)33-15-12-19(17-33)18-34-27-11-13-30-16-26(27)32-28(34)21-6-4-20(5-7-21)23-2-1-3-25-24(23)10-14-31-25/h1-7,10-11,13-14,16,19,22,31H,8-9,12,15,17-18H2/t19-/m0/s1. The van der Waals surface area contributed by atoms with Gasteiger partial charge in [0.2, 0.25) is 5.91 Å². The van der Waals surface area contributed by atoms with Crippen molar-refractivity contribution in [2.75, 3.05) is 13.1 Å². The van der Waals surface area contributed by atoms with E-state index in [-0.39, 0.29) is 0 Å². The molecule has 1 amide bonds. The van der Waals surface area contributed by atoms with E-state index in [2.05, 4.69) is 74.0 Å². The summed E-state index contributed by atoms with van der Waals surface area (Å²) in [6.07, 6.45) is 8.84. The van der Waals surface area contributed by atoms with E-state index < -0.39 is 0 Å². The van der Waals surface area contributed by atoms with Gasteiger partial charge >= 0.3 is 0 Å². The normalized spacial score (nSPS) is 18.1. The summed E-state index contributed by atoms with van der Waals surface area (Å²) in [5.74, 6) is 2.05. The average molecular weight is 462 g/mol. The summed E-state index contributed by atoms with van der Waals surface area (Å²) in [4.78, 5) is 27.2. The maximum Gasteiger partial charge on any atom is 0.225 e. The van der Waals surface area contributed by atoms with Crippen LogP contribution in [0.2, 0.25) is 0 Å². The van der Waals surface area contributed by atoms with Gasteiger partial charge in [0.05, 0.1) is 11.7 Å². The third-order valence-corrected chi connectivity index (χ3v) is 7.56. The maximum absolute atomic E-state index is 12.6. The lowest BCUT2D eigenvalue weighted by molar-refractivity contribution is -0.131. The van der Waals surface area contributed by atoms with E-state index in [9.17, 15) is 4.79 Å². The molecule has 2 aromatic carbocycles. The molecule has 1 aliphatic carbocycles. The zero-order chi connectivity index (χ0) is 23.4. The van der Waals surface area contributed by atoms with Crippen molar-refractivity contribution in [2.24, 2.45) is 11.8 Å². The number of rotatable bonds is 5. The number of nitrogens with zero attached hydrogens (tertiary/aromatic N) is 4. The minimum Gasteiger partial charge on any atom is -0.361 e. The van der Waals surface area contributed by atoms with Crippen molar-refractivity contribution in [2.45, 2.75) is 25.8 Å². The van der Waals surface area contributed by atoms with Crippen LogP contribution in [0, 0.1) is 11.8 Å². The van der Waals surface area contributed by atoms with Crippen LogP contribution < -0.4 is 0 Å². The summed E-state index contributed by atoms with van der Waals surface area (Å²) in [6, 6.07) is 19.3. The first kappa shape index (κ1) is 20.4. The van der Waals surface area contributed by atoms with Gasteiger partial charge in [0.25, 0.3) is 0 Å². The average Bonchev–Trinajstić information content (AvgIpc) is 3.28. The largest absolute Gasteiger partial charge is 0.361 e. The van der Waals surface area contributed by atoms with Crippen LogP contribution in [-0.4, -0.2) is 43.4 Å². The van der Waals surface area contributed by atoms with Crippen molar-refractivity contribution in [3.8, 4) is 22.5 Å². The van der Waals surface area contributed by atoms with Crippen LogP contribution in [0.1, 0.15) is 19.3 Å². The molecule has 0 bridgehead atoms. The molecule has 0 radical (unpaired) electrons. The molecule has 4 heterocycles. The highest BCUT2D eigenvalue weighted by Crippen LogP contribution is 2.35. The molecule has 174 valence electrons. The van der Waals surface area contributed by atoms with E-state index in [1.807, 2.05) is 18.6 Å². The van der Waals surface area contributed by atoms with Crippen LogP contribution >= 0.6 is 0 Å². The molecule has 1 aliphatic heterocycles. The van der Waals surface area contributed by atoms with Crippen LogP contribution in [-0.2, 0) is 11.3 Å². The van der Waals surface area contributed by atoms with E-state index in [0.29, 0.717) is 17.7 Å². The minimum absolute atomic E-state index is 0.292. The molecule has 2 fully saturated rings. The van der Waals surface area contributed by atoms with E-state index >= 15 is 0 Å². The van der Waals surface area contributed by atoms with Gasteiger partial charge in [-0.05, 0) is 54.5 Å². The predicted molar refractivity (Wildman–Crippen MR) is 138 cm³/mol. The van der Waals surface area contributed by atoms with Gasteiger partial charge in [0, 0.05) is 54.4 Å². The Kier molecular flexibility index (Phi) is 4.72. The first-order valence-electron chi connectivity index (χ1n) is 12.5. The quantitative estimate of drug-likeness (QED) is 0.376. The number of imidazole rings is 1. The maximum atomic E-state index is 12.6. The summed E-state index contributed by atoms with van der Waals surface area (Å²) in [5.41, 5.74) is 6.66. The van der Waals surface area contributed by atoms with E-state index in [1.54, 1.807) is 0 Å². The third-order valence-electron chi connectivity index (χ3n) is 7.56. The first-order valence-corrected chi connectivity index (χ1v) is 12.5. The number of pyridine rings is 1. The molecule has 1 saturated carbocycles. The van der Waals surface area contributed by atoms with Crippen molar-refractivity contribution in [3.05, 3.63) is 73.2 Å². The number of benzene rings is 2. The Hall–Kier alpha value is -3.93. The molecule has 1 atom stereocenters. The highest BCUT2D eigenvalue weighted by molar-refractivity contribution is 5.95. The zero-order valence-electron chi connectivity index (χ0n) is 19.5. The lowest BCUT2D eigenvalue weighted by Crippen LogP contribution is -2.30. The van der Waals surface area contributed by atoms with Gasteiger partial charge < -0.3 is 14.5 Å². The fourth-order valence-corrected chi connectivity index (χ4v) is 5.55. The van der Waals surface area contributed by atoms with Crippen LogP contribution in [0.5, 0.6) is 0 Å². The molecular formula is C29H27N5O. The molecule has 6 heteroatoms. The highest BCUT2D eigenvalue weighted by Gasteiger charge is 2.36. The second-order valence-electron chi connectivity index (χ2n) is 9.95. The molecule has 0 unspecified atom stereocenters. The Morgan fingerprint density at radius 2 is 1.86 bits per heavy atom. The molecule has 0 spiro atoms. The fraction of sp³-hybridized carbons (Fsp3) is 0.276. The molecule has 7 rings (SSSR count). The third kappa shape index (κ3) is 3.60. The predicted octanol–water partition coefficient (Wildman–Crippen LogP) is 5.51. The molecule has 2 aliphatic rings. The number of hydrogen-bond donors (Lipinski definition) is 1. The number of fused-ring (bicyclic) bond motifs is 2. The number of H-pyrrole nitrogens is 1. The first-order chi connectivity index (χ1) is 17.2. The van der Waals surface area contributed by atoms with Gasteiger partial charge in [0.15, 0.2) is 0 Å². The zero-order valence-corrected chi connectivity index (χ0v) is 19.5. The Balaban J connectivity index is 1.21. The van der Waals surface area contributed by atoms with Crippen molar-refractivity contribution < 1.29 is 4.79 Å².